The number of pyridine rings is 1. The summed E-state index contributed by atoms with van der Waals surface area (Å²) in [4.78, 5) is 26.8. The lowest BCUT2D eigenvalue weighted by molar-refractivity contribution is -0.143. The van der Waals surface area contributed by atoms with Crippen LogP contribution in [0.15, 0.2) is 27.5 Å². The highest BCUT2D eigenvalue weighted by molar-refractivity contribution is 5.70. The molecule has 17 heavy (non-hydrogen) atoms. The quantitative estimate of drug-likeness (QED) is 0.738. The van der Waals surface area contributed by atoms with Crippen LogP contribution in [0.3, 0.4) is 0 Å². The normalized spacial score (nSPS) is 10.6. The molecule has 0 aliphatic heterocycles. The van der Waals surface area contributed by atoms with Gasteiger partial charge in [0.2, 0.25) is 0 Å². The first-order valence-electron chi connectivity index (χ1n) is 5.32. The van der Waals surface area contributed by atoms with E-state index in [1.807, 2.05) is 0 Å². The van der Waals surface area contributed by atoms with Crippen LogP contribution in [-0.4, -0.2) is 22.1 Å². The molecular weight excluding hydrogens is 224 g/mol. The van der Waals surface area contributed by atoms with Crippen molar-refractivity contribution in [2.24, 2.45) is 0 Å². The predicted molar refractivity (Wildman–Crippen MR) is 59.5 cm³/mol. The molecule has 2 aromatic heterocycles. The van der Waals surface area contributed by atoms with Crippen molar-refractivity contribution in [1.82, 2.24) is 9.55 Å². The van der Waals surface area contributed by atoms with Crippen LogP contribution < -0.4 is 5.76 Å². The van der Waals surface area contributed by atoms with E-state index in [9.17, 15) is 9.59 Å². The van der Waals surface area contributed by atoms with Crippen LogP contribution >= 0.6 is 0 Å². The average Bonchev–Trinajstić information content (AvgIpc) is 2.62. The second-order valence-electron chi connectivity index (χ2n) is 3.40. The second kappa shape index (κ2) is 4.82. The minimum Gasteiger partial charge on any atom is -0.466 e. The fraction of sp³-hybridized carbons (Fsp3) is 0.364. The lowest BCUT2D eigenvalue weighted by Crippen LogP contribution is -2.17. The Bertz CT molecular complexity index is 584. The fourth-order valence-electron chi connectivity index (χ4n) is 1.53. The summed E-state index contributed by atoms with van der Waals surface area (Å²) in [6.45, 7) is 2.28. The highest BCUT2D eigenvalue weighted by Gasteiger charge is 2.11. The number of ether oxygens (including phenoxy) is 1. The molecule has 0 unspecified atom stereocenters. The molecule has 0 aliphatic carbocycles. The third kappa shape index (κ3) is 2.35. The van der Waals surface area contributed by atoms with Crippen molar-refractivity contribution >= 4 is 17.2 Å². The van der Waals surface area contributed by atoms with Gasteiger partial charge in [-0.05, 0) is 19.1 Å². The van der Waals surface area contributed by atoms with Crippen molar-refractivity contribution in [3.8, 4) is 0 Å². The van der Waals surface area contributed by atoms with Gasteiger partial charge >= 0.3 is 11.7 Å². The molecule has 0 aliphatic rings. The van der Waals surface area contributed by atoms with Crippen LogP contribution in [0.5, 0.6) is 0 Å². The van der Waals surface area contributed by atoms with E-state index >= 15 is 0 Å². The molecule has 0 saturated heterocycles. The van der Waals surface area contributed by atoms with Gasteiger partial charge in [-0.15, -0.1) is 0 Å². The minimum absolute atomic E-state index is 0.124. The van der Waals surface area contributed by atoms with Gasteiger partial charge in [-0.3, -0.25) is 9.36 Å². The number of hydrogen-bond acceptors (Lipinski definition) is 5. The topological polar surface area (TPSA) is 74.3 Å². The Hall–Kier alpha value is -2.11. The Morgan fingerprint density at radius 1 is 1.59 bits per heavy atom. The first-order valence-corrected chi connectivity index (χ1v) is 5.32. The molecule has 0 saturated carbocycles. The molecule has 0 atom stereocenters. The van der Waals surface area contributed by atoms with E-state index in [0.29, 0.717) is 17.8 Å². The molecule has 2 rings (SSSR count). The lowest BCUT2D eigenvalue weighted by atomic mass is 10.4. The Labute approximate surface area is 96.8 Å². The van der Waals surface area contributed by atoms with Gasteiger partial charge in [0.05, 0.1) is 13.0 Å². The molecule has 0 N–H and O–H groups in total. The summed E-state index contributed by atoms with van der Waals surface area (Å²) < 4.78 is 11.1. The Balaban J connectivity index is 2.21. The van der Waals surface area contributed by atoms with E-state index in [1.165, 1.54) is 4.57 Å². The summed E-state index contributed by atoms with van der Waals surface area (Å²) in [5, 5.41) is 0. The van der Waals surface area contributed by atoms with Crippen LogP contribution in [0.25, 0.3) is 11.2 Å². The van der Waals surface area contributed by atoms with Crippen molar-refractivity contribution < 1.29 is 13.9 Å². The third-order valence-electron chi connectivity index (χ3n) is 2.27. The van der Waals surface area contributed by atoms with Crippen molar-refractivity contribution in [1.29, 1.82) is 0 Å². The maximum Gasteiger partial charge on any atom is 0.421 e. The van der Waals surface area contributed by atoms with Gasteiger partial charge < -0.3 is 9.15 Å². The molecule has 0 fully saturated rings. The lowest BCUT2D eigenvalue weighted by Gasteiger charge is -2.01. The van der Waals surface area contributed by atoms with Crippen LogP contribution in [0.1, 0.15) is 13.3 Å². The maximum atomic E-state index is 11.5. The summed E-state index contributed by atoms with van der Waals surface area (Å²) in [7, 11) is 0. The predicted octanol–water partition coefficient (Wildman–Crippen LogP) is 0.943. The van der Waals surface area contributed by atoms with E-state index in [1.54, 1.807) is 25.3 Å². The van der Waals surface area contributed by atoms with Crippen LogP contribution in [0.2, 0.25) is 0 Å². The van der Waals surface area contributed by atoms with E-state index < -0.39 is 5.76 Å². The largest absolute Gasteiger partial charge is 0.466 e. The Kier molecular flexibility index (Phi) is 3.22. The van der Waals surface area contributed by atoms with Gasteiger partial charge in [0, 0.05) is 12.7 Å². The van der Waals surface area contributed by atoms with Gasteiger partial charge in [-0.1, -0.05) is 0 Å². The molecule has 0 bridgehead atoms. The standard InChI is InChI=1S/C11H12N2O4/c1-2-16-9(14)5-7-13-10-8(17-11(13)15)4-3-6-12-10/h3-4,6H,2,5,7H2,1H3. The van der Waals surface area contributed by atoms with E-state index in [2.05, 4.69) is 4.98 Å². The highest BCUT2D eigenvalue weighted by atomic mass is 16.5. The number of hydrogen-bond donors (Lipinski definition) is 0. The van der Waals surface area contributed by atoms with Gasteiger partial charge in [0.15, 0.2) is 11.2 Å². The van der Waals surface area contributed by atoms with E-state index in [-0.39, 0.29) is 18.9 Å². The molecule has 2 heterocycles. The molecule has 0 amide bonds. The number of esters is 1. The second-order valence-corrected chi connectivity index (χ2v) is 3.40. The molecule has 2 aromatic rings. The van der Waals surface area contributed by atoms with Gasteiger partial charge in [0.25, 0.3) is 0 Å². The summed E-state index contributed by atoms with van der Waals surface area (Å²) in [5.41, 5.74) is 0.864. The van der Waals surface area contributed by atoms with Crippen LogP contribution in [0, 0.1) is 0 Å². The van der Waals surface area contributed by atoms with Crippen molar-refractivity contribution in [3.63, 3.8) is 0 Å². The maximum absolute atomic E-state index is 11.5. The summed E-state index contributed by atoms with van der Waals surface area (Å²) in [6, 6.07) is 3.34. The van der Waals surface area contributed by atoms with Crippen LogP contribution in [-0.2, 0) is 16.1 Å². The smallest absolute Gasteiger partial charge is 0.421 e. The molecule has 0 radical (unpaired) electrons. The number of fused-ring (bicyclic) bond motifs is 1. The minimum atomic E-state index is -0.511. The zero-order chi connectivity index (χ0) is 12.3. The number of nitrogens with zero attached hydrogens (tertiary/aromatic N) is 2. The van der Waals surface area contributed by atoms with Gasteiger partial charge in [-0.25, -0.2) is 9.78 Å². The number of rotatable bonds is 4. The van der Waals surface area contributed by atoms with Crippen molar-refractivity contribution in [2.75, 3.05) is 6.61 Å². The fourth-order valence-corrected chi connectivity index (χ4v) is 1.53. The third-order valence-corrected chi connectivity index (χ3v) is 2.27. The molecule has 0 spiro atoms. The molecule has 6 nitrogen and oxygen atoms in total. The highest BCUT2D eigenvalue weighted by Crippen LogP contribution is 2.08. The Morgan fingerprint density at radius 3 is 3.18 bits per heavy atom. The number of aromatic nitrogens is 2. The molecule has 0 aromatic carbocycles. The summed E-state index contributed by atoms with van der Waals surface area (Å²) in [5.74, 6) is -0.854. The van der Waals surface area contributed by atoms with Gasteiger partial charge in [-0.2, -0.15) is 0 Å². The number of carbonyl (C=O) groups is 1. The molecule has 90 valence electrons. The van der Waals surface area contributed by atoms with Crippen molar-refractivity contribution in [2.45, 2.75) is 19.9 Å². The zero-order valence-electron chi connectivity index (χ0n) is 9.38. The first kappa shape index (κ1) is 11.4. The summed E-state index contributed by atoms with van der Waals surface area (Å²) >= 11 is 0. The zero-order valence-corrected chi connectivity index (χ0v) is 9.38. The van der Waals surface area contributed by atoms with E-state index in [0.717, 1.165) is 0 Å². The monoisotopic (exact) mass is 236 g/mol. The average molecular weight is 236 g/mol. The van der Waals surface area contributed by atoms with Gasteiger partial charge in [0.1, 0.15) is 0 Å². The first-order chi connectivity index (χ1) is 8.22. The van der Waals surface area contributed by atoms with Crippen molar-refractivity contribution in [3.05, 3.63) is 28.9 Å². The molecular formula is C11H12N2O4. The number of carbonyl (C=O) groups excluding carboxylic acids is 1. The summed E-state index contributed by atoms with van der Waals surface area (Å²) in [6.07, 6.45) is 1.69. The SMILES string of the molecule is CCOC(=O)CCn1c(=O)oc2cccnc21. The number of aryl methyl sites for hydroxylation is 1. The van der Waals surface area contributed by atoms with Crippen LogP contribution in [0.4, 0.5) is 0 Å². The number of oxazole rings is 1. The Morgan fingerprint density at radius 2 is 2.41 bits per heavy atom. The van der Waals surface area contributed by atoms with E-state index in [4.69, 9.17) is 9.15 Å². The molecule has 6 heteroatoms.